The Kier molecular flexibility index (Phi) is 3.57. The molecule has 0 aromatic heterocycles. The van der Waals surface area contributed by atoms with Crippen molar-refractivity contribution in [1.29, 1.82) is 0 Å². The van der Waals surface area contributed by atoms with Crippen molar-refractivity contribution in [2.24, 2.45) is 0 Å². The van der Waals surface area contributed by atoms with Gasteiger partial charge in [0.05, 0.1) is 12.2 Å². The van der Waals surface area contributed by atoms with E-state index in [1.807, 2.05) is 11.8 Å². The van der Waals surface area contributed by atoms with E-state index in [0.717, 1.165) is 0 Å². The molecule has 1 aliphatic rings. The van der Waals surface area contributed by atoms with Crippen molar-refractivity contribution in [2.75, 3.05) is 11.5 Å². The Morgan fingerprint density at radius 3 is 2.40 bits per heavy atom. The lowest BCUT2D eigenvalue weighted by atomic mass is 10.2. The van der Waals surface area contributed by atoms with E-state index in [4.69, 9.17) is 4.74 Å². The molecule has 1 heterocycles. The Balaban J connectivity index is 2.13. The highest BCUT2D eigenvalue weighted by Crippen LogP contribution is 2.20. The van der Waals surface area contributed by atoms with Crippen LogP contribution in [0.1, 0.15) is 26.7 Å². The lowest BCUT2D eigenvalue weighted by Gasteiger charge is -2.23. The van der Waals surface area contributed by atoms with Gasteiger partial charge in [0.1, 0.15) is 0 Å². The van der Waals surface area contributed by atoms with Crippen molar-refractivity contribution in [1.82, 2.24) is 0 Å². The summed E-state index contributed by atoms with van der Waals surface area (Å²) in [5, 5.41) is 0. The molecule has 0 amide bonds. The monoisotopic (exact) mass is 160 g/mol. The summed E-state index contributed by atoms with van der Waals surface area (Å²) in [4.78, 5) is 0. The Morgan fingerprint density at radius 1 is 1.30 bits per heavy atom. The van der Waals surface area contributed by atoms with Crippen LogP contribution in [-0.2, 0) is 4.74 Å². The van der Waals surface area contributed by atoms with Crippen molar-refractivity contribution in [2.45, 2.75) is 38.9 Å². The van der Waals surface area contributed by atoms with E-state index < -0.39 is 0 Å². The summed E-state index contributed by atoms with van der Waals surface area (Å²) in [7, 11) is 0. The molecule has 0 saturated carbocycles. The molecular weight excluding hydrogens is 144 g/mol. The molecule has 60 valence electrons. The number of rotatable bonds is 2. The first-order valence-electron chi connectivity index (χ1n) is 4.02. The molecule has 0 atom stereocenters. The lowest BCUT2D eigenvalue weighted by Crippen LogP contribution is -2.22. The van der Waals surface area contributed by atoms with Crippen LogP contribution >= 0.6 is 11.8 Å². The molecule has 0 bridgehead atoms. The molecule has 0 radical (unpaired) electrons. The molecule has 1 fully saturated rings. The second-order valence-corrected chi connectivity index (χ2v) is 4.22. The molecular formula is C8H16OS. The fourth-order valence-electron chi connectivity index (χ4n) is 1.20. The van der Waals surface area contributed by atoms with Crippen LogP contribution in [0.25, 0.3) is 0 Å². The van der Waals surface area contributed by atoms with Crippen molar-refractivity contribution in [3.8, 4) is 0 Å². The van der Waals surface area contributed by atoms with E-state index in [0.29, 0.717) is 12.2 Å². The highest BCUT2D eigenvalue weighted by Gasteiger charge is 2.14. The zero-order chi connectivity index (χ0) is 7.40. The highest BCUT2D eigenvalue weighted by atomic mass is 32.2. The highest BCUT2D eigenvalue weighted by molar-refractivity contribution is 7.99. The van der Waals surface area contributed by atoms with Gasteiger partial charge in [-0.1, -0.05) is 0 Å². The maximum Gasteiger partial charge on any atom is 0.0594 e. The van der Waals surface area contributed by atoms with Crippen LogP contribution in [0.15, 0.2) is 0 Å². The number of thioether (sulfide) groups is 1. The summed E-state index contributed by atoms with van der Waals surface area (Å²) in [5.41, 5.74) is 0. The Labute approximate surface area is 67.5 Å². The van der Waals surface area contributed by atoms with Crippen LogP contribution in [0.2, 0.25) is 0 Å². The minimum atomic E-state index is 0.410. The van der Waals surface area contributed by atoms with Gasteiger partial charge >= 0.3 is 0 Å². The van der Waals surface area contributed by atoms with E-state index >= 15 is 0 Å². The Bertz CT molecular complexity index is 87.3. The van der Waals surface area contributed by atoms with E-state index in [1.54, 1.807) is 0 Å². The van der Waals surface area contributed by atoms with Crippen LogP contribution in [0, 0.1) is 0 Å². The molecule has 0 spiro atoms. The third kappa shape index (κ3) is 2.93. The first-order valence-corrected chi connectivity index (χ1v) is 5.17. The normalized spacial score (nSPS) is 21.9. The fourth-order valence-corrected chi connectivity index (χ4v) is 2.26. The molecule has 0 aromatic rings. The van der Waals surface area contributed by atoms with Gasteiger partial charge in [-0.05, 0) is 38.2 Å². The van der Waals surface area contributed by atoms with Gasteiger partial charge in [0.15, 0.2) is 0 Å². The Morgan fingerprint density at radius 2 is 1.90 bits per heavy atom. The van der Waals surface area contributed by atoms with Crippen LogP contribution in [0.5, 0.6) is 0 Å². The first-order chi connectivity index (χ1) is 4.79. The van der Waals surface area contributed by atoms with Crippen LogP contribution < -0.4 is 0 Å². The fraction of sp³-hybridized carbons (Fsp3) is 1.00. The number of ether oxygens (including phenoxy) is 1. The molecule has 1 saturated heterocycles. The van der Waals surface area contributed by atoms with Gasteiger partial charge in [-0.15, -0.1) is 0 Å². The second kappa shape index (κ2) is 4.24. The van der Waals surface area contributed by atoms with E-state index in [-0.39, 0.29) is 0 Å². The van der Waals surface area contributed by atoms with Crippen LogP contribution in [-0.4, -0.2) is 23.7 Å². The van der Waals surface area contributed by atoms with E-state index in [9.17, 15) is 0 Å². The van der Waals surface area contributed by atoms with Crippen molar-refractivity contribution in [3.05, 3.63) is 0 Å². The quantitative estimate of drug-likeness (QED) is 0.613. The average Bonchev–Trinajstić information content (AvgIpc) is 1.88. The van der Waals surface area contributed by atoms with E-state index in [1.165, 1.54) is 24.3 Å². The molecule has 0 unspecified atom stereocenters. The van der Waals surface area contributed by atoms with Gasteiger partial charge in [-0.2, -0.15) is 11.8 Å². The summed E-state index contributed by atoms with van der Waals surface area (Å²) in [5.74, 6) is 2.58. The second-order valence-electron chi connectivity index (χ2n) is 3.00. The third-order valence-electron chi connectivity index (χ3n) is 1.63. The molecule has 1 nitrogen and oxygen atoms in total. The largest absolute Gasteiger partial charge is 0.376 e. The molecule has 1 aliphatic heterocycles. The van der Waals surface area contributed by atoms with Gasteiger partial charge in [-0.3, -0.25) is 0 Å². The molecule has 10 heavy (non-hydrogen) atoms. The standard InChI is InChI=1S/C8H16OS/c1-7(2)9-8-3-5-10-6-4-8/h7-8H,3-6H2,1-2H3. The van der Waals surface area contributed by atoms with Gasteiger partial charge in [-0.25, -0.2) is 0 Å². The SMILES string of the molecule is CC(C)OC1CCSCC1. The number of hydrogen-bond acceptors (Lipinski definition) is 2. The summed E-state index contributed by atoms with van der Waals surface area (Å²) < 4.78 is 5.68. The van der Waals surface area contributed by atoms with Crippen LogP contribution in [0.3, 0.4) is 0 Å². The molecule has 0 aliphatic carbocycles. The first kappa shape index (κ1) is 8.41. The van der Waals surface area contributed by atoms with Gasteiger partial charge < -0.3 is 4.74 Å². The zero-order valence-corrected chi connectivity index (χ0v) is 7.62. The maximum absolute atomic E-state index is 5.68. The molecule has 0 N–H and O–H groups in total. The lowest BCUT2D eigenvalue weighted by molar-refractivity contribution is 0.00397. The maximum atomic E-state index is 5.68. The summed E-state index contributed by atoms with van der Waals surface area (Å²) in [6.45, 7) is 4.23. The smallest absolute Gasteiger partial charge is 0.0594 e. The molecule has 2 heteroatoms. The molecule has 0 aromatic carbocycles. The summed E-state index contributed by atoms with van der Waals surface area (Å²) in [6, 6.07) is 0. The average molecular weight is 160 g/mol. The number of hydrogen-bond donors (Lipinski definition) is 0. The van der Waals surface area contributed by atoms with Gasteiger partial charge in [0, 0.05) is 0 Å². The predicted octanol–water partition coefficient (Wildman–Crippen LogP) is 2.31. The minimum Gasteiger partial charge on any atom is -0.376 e. The third-order valence-corrected chi connectivity index (χ3v) is 2.68. The topological polar surface area (TPSA) is 9.23 Å². The van der Waals surface area contributed by atoms with Crippen molar-refractivity contribution in [3.63, 3.8) is 0 Å². The van der Waals surface area contributed by atoms with Gasteiger partial charge in [0.25, 0.3) is 0 Å². The Hall–Kier alpha value is 0.310. The van der Waals surface area contributed by atoms with E-state index in [2.05, 4.69) is 13.8 Å². The summed E-state index contributed by atoms with van der Waals surface area (Å²) in [6.07, 6.45) is 3.47. The van der Waals surface area contributed by atoms with Crippen molar-refractivity contribution >= 4 is 11.8 Å². The zero-order valence-electron chi connectivity index (χ0n) is 6.80. The predicted molar refractivity (Wildman–Crippen MR) is 46.6 cm³/mol. The summed E-state index contributed by atoms with van der Waals surface area (Å²) >= 11 is 2.05. The minimum absolute atomic E-state index is 0.410. The molecule has 1 rings (SSSR count). The van der Waals surface area contributed by atoms with Gasteiger partial charge in [0.2, 0.25) is 0 Å². The van der Waals surface area contributed by atoms with Crippen molar-refractivity contribution < 1.29 is 4.74 Å². The van der Waals surface area contributed by atoms with Crippen LogP contribution in [0.4, 0.5) is 0 Å².